The second-order valence-corrected chi connectivity index (χ2v) is 9.37. The van der Waals surface area contributed by atoms with Crippen molar-refractivity contribution < 1.29 is 26.4 Å². The predicted octanol–water partition coefficient (Wildman–Crippen LogP) is 4.61. The number of amides is 1. The molecule has 1 amide bonds. The molecule has 2 aromatic rings. The molecule has 0 radical (unpaired) electrons. The number of rotatable bonds is 7. The third-order valence-corrected chi connectivity index (χ3v) is 6.16. The second kappa shape index (κ2) is 9.08. The molecule has 0 aliphatic carbocycles. The van der Waals surface area contributed by atoms with Gasteiger partial charge in [0.15, 0.2) is 0 Å². The Morgan fingerprint density at radius 1 is 1.17 bits per heavy atom. The first-order valence-electron chi connectivity index (χ1n) is 8.64. The first-order chi connectivity index (χ1) is 13.4. The zero-order chi connectivity index (χ0) is 21.8. The zero-order valence-electron chi connectivity index (χ0n) is 16.0. The minimum atomic E-state index is -4.64. The van der Waals surface area contributed by atoms with Crippen molar-refractivity contribution in [2.24, 2.45) is 0 Å². The quantitative estimate of drug-likeness (QED) is 0.631. The van der Waals surface area contributed by atoms with Crippen LogP contribution >= 0.6 is 11.8 Å². The normalized spacial score (nSPS) is 13.0. The molecular weight excluding hydrogens is 425 g/mol. The number of hydrogen-bond donors (Lipinski definition) is 1. The molecule has 29 heavy (non-hydrogen) atoms. The van der Waals surface area contributed by atoms with Crippen molar-refractivity contribution in [3.8, 4) is 0 Å². The first kappa shape index (κ1) is 23.1. The minimum absolute atomic E-state index is 0.235. The highest BCUT2D eigenvalue weighted by atomic mass is 32.2. The highest BCUT2D eigenvalue weighted by Crippen LogP contribution is 2.33. The molecule has 0 bridgehead atoms. The van der Waals surface area contributed by atoms with Crippen molar-refractivity contribution in [2.75, 3.05) is 21.6 Å². The molecule has 158 valence electrons. The van der Waals surface area contributed by atoms with Gasteiger partial charge in [0.2, 0.25) is 15.9 Å². The molecule has 0 heterocycles. The number of benzene rings is 2. The Labute approximate surface area is 172 Å². The number of halogens is 3. The number of sulfonamides is 1. The highest BCUT2D eigenvalue weighted by molar-refractivity contribution is 7.99. The number of carbonyl (C=O) groups excluding carboxylic acids is 1. The van der Waals surface area contributed by atoms with Crippen LogP contribution in [0.15, 0.2) is 53.4 Å². The number of nitrogens with one attached hydrogen (secondary N) is 1. The van der Waals surface area contributed by atoms with Crippen molar-refractivity contribution >= 4 is 39.1 Å². The lowest BCUT2D eigenvalue weighted by atomic mass is 10.1. The van der Waals surface area contributed by atoms with E-state index >= 15 is 0 Å². The van der Waals surface area contributed by atoms with Crippen LogP contribution in [0.1, 0.15) is 19.4 Å². The van der Waals surface area contributed by atoms with Crippen LogP contribution in [0, 0.1) is 0 Å². The number of thioether (sulfide) groups is 1. The Morgan fingerprint density at radius 3 is 2.41 bits per heavy atom. The number of anilines is 2. The summed E-state index contributed by atoms with van der Waals surface area (Å²) in [4.78, 5) is 13.6. The molecule has 0 fully saturated rings. The van der Waals surface area contributed by atoms with E-state index in [-0.39, 0.29) is 5.69 Å². The molecule has 0 aliphatic rings. The summed E-state index contributed by atoms with van der Waals surface area (Å²) >= 11 is 1.50. The van der Waals surface area contributed by atoms with Crippen molar-refractivity contribution in [1.82, 2.24) is 0 Å². The lowest BCUT2D eigenvalue weighted by Gasteiger charge is -2.29. The lowest BCUT2D eigenvalue weighted by Crippen LogP contribution is -2.45. The Balaban J connectivity index is 2.38. The Morgan fingerprint density at radius 2 is 1.83 bits per heavy atom. The average molecular weight is 447 g/mol. The van der Waals surface area contributed by atoms with E-state index in [1.165, 1.54) is 24.8 Å². The third kappa shape index (κ3) is 5.89. The van der Waals surface area contributed by atoms with Gasteiger partial charge in [-0.25, -0.2) is 8.42 Å². The fourth-order valence-corrected chi connectivity index (χ4v) is 4.64. The molecular formula is C19H21F3N2O3S2. The maximum absolute atomic E-state index is 13.0. The van der Waals surface area contributed by atoms with Gasteiger partial charge in [0.25, 0.3) is 0 Å². The number of nitrogens with zero attached hydrogens (tertiary/aromatic N) is 1. The van der Waals surface area contributed by atoms with Gasteiger partial charge in [-0.05, 0) is 43.0 Å². The van der Waals surface area contributed by atoms with Crippen molar-refractivity contribution in [3.63, 3.8) is 0 Å². The molecule has 0 saturated carbocycles. The monoisotopic (exact) mass is 446 g/mol. The van der Waals surface area contributed by atoms with E-state index in [2.05, 4.69) is 5.32 Å². The Hall–Kier alpha value is -2.20. The molecule has 0 spiro atoms. The van der Waals surface area contributed by atoms with Crippen LogP contribution in [-0.2, 0) is 21.0 Å². The molecule has 2 aromatic carbocycles. The van der Waals surface area contributed by atoms with Gasteiger partial charge in [0.05, 0.1) is 23.2 Å². The van der Waals surface area contributed by atoms with Gasteiger partial charge in [-0.15, -0.1) is 11.8 Å². The summed E-state index contributed by atoms with van der Waals surface area (Å²) in [7, 11) is -4.04. The van der Waals surface area contributed by atoms with E-state index in [0.717, 1.165) is 29.0 Å². The molecule has 5 nitrogen and oxygen atoms in total. The third-order valence-electron chi connectivity index (χ3n) is 3.96. The van der Waals surface area contributed by atoms with Crippen LogP contribution < -0.4 is 9.62 Å². The van der Waals surface area contributed by atoms with Gasteiger partial charge in [-0.3, -0.25) is 9.10 Å². The van der Waals surface area contributed by atoms with Crippen LogP contribution in [0.3, 0.4) is 0 Å². The van der Waals surface area contributed by atoms with Crippen LogP contribution in [0.25, 0.3) is 0 Å². The SMILES string of the molecule is CCSc1ccccc1NC(=O)[C@@H](C)N(c1cccc(C(F)(F)F)c1)S(C)(=O)=O. The molecule has 0 aromatic heterocycles. The molecule has 10 heteroatoms. The zero-order valence-corrected chi connectivity index (χ0v) is 17.7. The lowest BCUT2D eigenvalue weighted by molar-refractivity contribution is -0.137. The summed E-state index contributed by atoms with van der Waals surface area (Å²) in [6.45, 7) is 3.27. The van der Waals surface area contributed by atoms with Crippen LogP contribution in [0.5, 0.6) is 0 Å². The molecule has 2 rings (SSSR count). The Bertz CT molecular complexity index is 979. The van der Waals surface area contributed by atoms with Gasteiger partial charge in [-0.1, -0.05) is 25.1 Å². The van der Waals surface area contributed by atoms with Crippen molar-refractivity contribution in [2.45, 2.75) is 31.0 Å². The van der Waals surface area contributed by atoms with Crippen molar-refractivity contribution in [1.29, 1.82) is 0 Å². The fourth-order valence-electron chi connectivity index (χ4n) is 2.72. The van der Waals surface area contributed by atoms with Crippen LogP contribution in [-0.4, -0.2) is 32.4 Å². The number of para-hydroxylation sites is 1. The summed E-state index contributed by atoms with van der Waals surface area (Å²) < 4.78 is 64.5. The maximum atomic E-state index is 13.0. The number of alkyl halides is 3. The number of carbonyl (C=O) groups is 1. The second-order valence-electron chi connectivity index (χ2n) is 6.20. The molecule has 1 atom stereocenters. The van der Waals surface area contributed by atoms with Crippen LogP contribution in [0.2, 0.25) is 0 Å². The van der Waals surface area contributed by atoms with E-state index in [1.807, 2.05) is 19.1 Å². The minimum Gasteiger partial charge on any atom is -0.323 e. The Kier molecular flexibility index (Phi) is 7.23. The molecule has 0 unspecified atom stereocenters. The fraction of sp³-hybridized carbons (Fsp3) is 0.316. The van der Waals surface area contributed by atoms with Crippen molar-refractivity contribution in [3.05, 3.63) is 54.1 Å². The molecule has 0 aliphatic heterocycles. The summed E-state index contributed by atoms with van der Waals surface area (Å²) in [6, 6.07) is 9.64. The van der Waals surface area contributed by atoms with Gasteiger partial charge in [0.1, 0.15) is 6.04 Å². The predicted molar refractivity (Wildman–Crippen MR) is 110 cm³/mol. The van der Waals surface area contributed by atoms with E-state index in [9.17, 15) is 26.4 Å². The van der Waals surface area contributed by atoms with E-state index in [4.69, 9.17) is 0 Å². The standard InChI is InChI=1S/C19H21F3N2O3S2/c1-4-28-17-11-6-5-10-16(17)23-18(25)13(2)24(29(3,26)27)15-9-7-8-14(12-15)19(20,21)22/h5-13H,4H2,1-3H3,(H,23,25)/t13-/m1/s1. The van der Waals surface area contributed by atoms with E-state index < -0.39 is 33.7 Å². The first-order valence-corrected chi connectivity index (χ1v) is 11.5. The average Bonchev–Trinajstić information content (AvgIpc) is 2.62. The molecule has 0 saturated heterocycles. The largest absolute Gasteiger partial charge is 0.416 e. The van der Waals surface area contributed by atoms with Gasteiger partial charge in [0, 0.05) is 4.90 Å². The summed E-state index contributed by atoms with van der Waals surface area (Å²) in [5.41, 5.74) is -0.726. The topological polar surface area (TPSA) is 66.5 Å². The summed E-state index contributed by atoms with van der Waals surface area (Å²) in [5.74, 6) is 0.110. The van der Waals surface area contributed by atoms with Gasteiger partial charge in [-0.2, -0.15) is 13.2 Å². The van der Waals surface area contributed by atoms with Gasteiger partial charge < -0.3 is 5.32 Å². The maximum Gasteiger partial charge on any atom is 0.416 e. The van der Waals surface area contributed by atoms with Gasteiger partial charge >= 0.3 is 6.18 Å². The van der Waals surface area contributed by atoms with Crippen LogP contribution in [0.4, 0.5) is 24.5 Å². The molecule has 1 N–H and O–H groups in total. The number of hydrogen-bond acceptors (Lipinski definition) is 4. The highest BCUT2D eigenvalue weighted by Gasteiger charge is 2.34. The smallest absolute Gasteiger partial charge is 0.323 e. The summed E-state index contributed by atoms with van der Waals surface area (Å²) in [6.07, 6.45) is -3.79. The van der Waals surface area contributed by atoms with E-state index in [1.54, 1.807) is 12.1 Å². The van der Waals surface area contributed by atoms with E-state index in [0.29, 0.717) is 16.1 Å². The summed E-state index contributed by atoms with van der Waals surface area (Å²) in [5, 5.41) is 2.67.